The number of esters is 1. The van der Waals surface area contributed by atoms with Gasteiger partial charge in [-0.2, -0.15) is 0 Å². The van der Waals surface area contributed by atoms with E-state index in [0.29, 0.717) is 6.04 Å². The molecule has 1 saturated heterocycles. The van der Waals surface area contributed by atoms with Crippen LogP contribution < -0.4 is 5.32 Å². The molecule has 1 N–H and O–H groups in total. The predicted octanol–water partition coefficient (Wildman–Crippen LogP) is 0.494. The molecule has 1 aliphatic rings. The average Bonchev–Trinajstić information content (AvgIpc) is 2.37. The van der Waals surface area contributed by atoms with Crippen molar-refractivity contribution >= 4 is 5.97 Å². The fourth-order valence-corrected chi connectivity index (χ4v) is 2.21. The van der Waals surface area contributed by atoms with E-state index in [1.54, 1.807) is 0 Å². The van der Waals surface area contributed by atoms with Crippen LogP contribution in [0.4, 0.5) is 0 Å². The van der Waals surface area contributed by atoms with Crippen LogP contribution in [-0.2, 0) is 14.3 Å². The summed E-state index contributed by atoms with van der Waals surface area (Å²) >= 11 is 0. The maximum atomic E-state index is 11.4. The molecule has 1 rings (SSSR count). The van der Waals surface area contributed by atoms with Crippen molar-refractivity contribution in [3.05, 3.63) is 0 Å². The van der Waals surface area contributed by atoms with Crippen molar-refractivity contribution in [2.24, 2.45) is 5.92 Å². The third kappa shape index (κ3) is 4.92. The normalized spacial score (nSPS) is 22.2. The van der Waals surface area contributed by atoms with Crippen LogP contribution in [0, 0.1) is 5.92 Å². The van der Waals surface area contributed by atoms with Gasteiger partial charge in [0.05, 0.1) is 26.2 Å². The molecular formula is C13H26N2O3. The fraction of sp³-hybridized carbons (Fsp3) is 0.923. The molecule has 0 spiro atoms. The zero-order valence-electron chi connectivity index (χ0n) is 11.9. The molecule has 0 aromatic heterocycles. The number of carbonyl (C=O) groups excluding carboxylic acids is 1. The first kappa shape index (κ1) is 15.4. The number of nitrogens with zero attached hydrogens (tertiary/aromatic N) is 1. The van der Waals surface area contributed by atoms with Crippen LogP contribution in [0.15, 0.2) is 0 Å². The van der Waals surface area contributed by atoms with Crippen LogP contribution in [0.1, 0.15) is 20.8 Å². The largest absolute Gasteiger partial charge is 0.469 e. The molecule has 0 aliphatic carbocycles. The van der Waals surface area contributed by atoms with E-state index in [2.05, 4.69) is 17.1 Å². The third-order valence-electron chi connectivity index (χ3n) is 3.51. The lowest BCUT2D eigenvalue weighted by Crippen LogP contribution is -2.48. The summed E-state index contributed by atoms with van der Waals surface area (Å²) in [7, 11) is 1.43. The number of methoxy groups -OCH3 is 1. The monoisotopic (exact) mass is 258 g/mol. The van der Waals surface area contributed by atoms with E-state index in [-0.39, 0.29) is 17.9 Å². The average molecular weight is 258 g/mol. The van der Waals surface area contributed by atoms with Gasteiger partial charge in [-0.25, -0.2) is 0 Å². The minimum Gasteiger partial charge on any atom is -0.469 e. The Morgan fingerprint density at radius 1 is 1.33 bits per heavy atom. The van der Waals surface area contributed by atoms with E-state index in [4.69, 9.17) is 9.47 Å². The van der Waals surface area contributed by atoms with Gasteiger partial charge in [-0.3, -0.25) is 9.69 Å². The molecule has 3 atom stereocenters. The first-order valence-corrected chi connectivity index (χ1v) is 6.68. The lowest BCUT2D eigenvalue weighted by Gasteiger charge is -2.31. The van der Waals surface area contributed by atoms with Crippen LogP contribution in [-0.4, -0.2) is 62.9 Å². The summed E-state index contributed by atoms with van der Waals surface area (Å²) in [6.07, 6.45) is 0. The molecule has 3 unspecified atom stereocenters. The van der Waals surface area contributed by atoms with Crippen molar-refractivity contribution in [1.82, 2.24) is 10.2 Å². The van der Waals surface area contributed by atoms with Crippen LogP contribution in [0.3, 0.4) is 0 Å². The number of hydrogen-bond donors (Lipinski definition) is 1. The molecule has 0 radical (unpaired) electrons. The summed E-state index contributed by atoms with van der Waals surface area (Å²) in [6.45, 7) is 10.7. The van der Waals surface area contributed by atoms with Gasteiger partial charge in [-0.05, 0) is 13.8 Å². The Bertz CT molecular complexity index is 255. The number of carbonyl (C=O) groups is 1. The van der Waals surface area contributed by atoms with Crippen molar-refractivity contribution in [3.8, 4) is 0 Å². The molecule has 5 heteroatoms. The zero-order valence-corrected chi connectivity index (χ0v) is 11.9. The number of nitrogens with one attached hydrogen (secondary N) is 1. The molecule has 1 heterocycles. The smallest absolute Gasteiger partial charge is 0.309 e. The van der Waals surface area contributed by atoms with Gasteiger partial charge in [0.25, 0.3) is 0 Å². The Morgan fingerprint density at radius 3 is 2.50 bits per heavy atom. The van der Waals surface area contributed by atoms with E-state index in [0.717, 1.165) is 32.8 Å². The van der Waals surface area contributed by atoms with Crippen molar-refractivity contribution in [2.45, 2.75) is 32.9 Å². The summed E-state index contributed by atoms with van der Waals surface area (Å²) < 4.78 is 10.1. The van der Waals surface area contributed by atoms with Crippen molar-refractivity contribution in [1.29, 1.82) is 0 Å². The zero-order chi connectivity index (χ0) is 13.5. The summed E-state index contributed by atoms with van der Waals surface area (Å²) in [5, 5.41) is 3.46. The minimum atomic E-state index is -0.159. The molecule has 0 amide bonds. The van der Waals surface area contributed by atoms with Gasteiger partial charge in [0.2, 0.25) is 0 Å². The summed E-state index contributed by atoms with van der Waals surface area (Å²) in [6, 6.07) is 0.471. The van der Waals surface area contributed by atoms with Gasteiger partial charge in [0, 0.05) is 31.7 Å². The van der Waals surface area contributed by atoms with Crippen LogP contribution >= 0.6 is 0 Å². The Kier molecular flexibility index (Phi) is 6.60. The number of hydrogen-bond acceptors (Lipinski definition) is 5. The number of morpholine rings is 1. The predicted molar refractivity (Wildman–Crippen MR) is 70.5 cm³/mol. The van der Waals surface area contributed by atoms with E-state index in [9.17, 15) is 4.79 Å². The maximum absolute atomic E-state index is 11.4. The molecule has 0 saturated carbocycles. The summed E-state index contributed by atoms with van der Waals surface area (Å²) in [5.41, 5.74) is 0. The Balaban J connectivity index is 2.29. The second-order valence-corrected chi connectivity index (χ2v) is 5.08. The van der Waals surface area contributed by atoms with Crippen molar-refractivity contribution < 1.29 is 14.3 Å². The minimum absolute atomic E-state index is 0.119. The SMILES string of the molecule is COC(=O)C(C)C(C)NC(C)CN1CCOCC1. The number of rotatable bonds is 6. The van der Waals surface area contributed by atoms with Crippen molar-refractivity contribution in [3.63, 3.8) is 0 Å². The highest BCUT2D eigenvalue weighted by Gasteiger charge is 2.23. The standard InChI is InChI=1S/C13H26N2O3/c1-10(9-15-5-7-18-8-6-15)14-12(3)11(2)13(16)17-4/h10-12,14H,5-9H2,1-4H3. The Morgan fingerprint density at radius 2 is 1.94 bits per heavy atom. The van der Waals surface area contributed by atoms with Crippen LogP contribution in [0.5, 0.6) is 0 Å². The molecule has 1 aliphatic heterocycles. The quantitative estimate of drug-likeness (QED) is 0.703. The first-order chi connectivity index (χ1) is 8.54. The summed E-state index contributed by atoms with van der Waals surface area (Å²) in [5.74, 6) is -0.282. The lowest BCUT2D eigenvalue weighted by molar-refractivity contribution is -0.145. The molecule has 1 fully saturated rings. The van der Waals surface area contributed by atoms with Gasteiger partial charge in [-0.1, -0.05) is 6.92 Å². The Labute approximate surface area is 110 Å². The van der Waals surface area contributed by atoms with Crippen LogP contribution in [0.2, 0.25) is 0 Å². The first-order valence-electron chi connectivity index (χ1n) is 6.68. The van der Waals surface area contributed by atoms with Gasteiger partial charge in [-0.15, -0.1) is 0 Å². The summed E-state index contributed by atoms with van der Waals surface area (Å²) in [4.78, 5) is 13.8. The highest BCUT2D eigenvalue weighted by molar-refractivity contribution is 5.72. The van der Waals surface area contributed by atoms with E-state index in [1.165, 1.54) is 7.11 Å². The van der Waals surface area contributed by atoms with E-state index < -0.39 is 0 Å². The maximum Gasteiger partial charge on any atom is 0.309 e. The molecule has 0 aromatic carbocycles. The second-order valence-electron chi connectivity index (χ2n) is 5.08. The van der Waals surface area contributed by atoms with Gasteiger partial charge >= 0.3 is 5.97 Å². The highest BCUT2D eigenvalue weighted by atomic mass is 16.5. The molecule has 0 bridgehead atoms. The molecule has 106 valence electrons. The van der Waals surface area contributed by atoms with E-state index in [1.807, 2.05) is 13.8 Å². The lowest BCUT2D eigenvalue weighted by atomic mass is 10.0. The second kappa shape index (κ2) is 7.71. The highest BCUT2D eigenvalue weighted by Crippen LogP contribution is 2.06. The fourth-order valence-electron chi connectivity index (χ4n) is 2.21. The Hall–Kier alpha value is -0.650. The molecule has 0 aromatic rings. The van der Waals surface area contributed by atoms with Gasteiger partial charge < -0.3 is 14.8 Å². The van der Waals surface area contributed by atoms with Gasteiger partial charge in [0.15, 0.2) is 0 Å². The van der Waals surface area contributed by atoms with E-state index >= 15 is 0 Å². The van der Waals surface area contributed by atoms with Crippen molar-refractivity contribution in [2.75, 3.05) is 40.0 Å². The molecule has 5 nitrogen and oxygen atoms in total. The van der Waals surface area contributed by atoms with Crippen LogP contribution in [0.25, 0.3) is 0 Å². The number of ether oxygens (including phenoxy) is 2. The molecular weight excluding hydrogens is 232 g/mol. The molecule has 18 heavy (non-hydrogen) atoms. The van der Waals surface area contributed by atoms with Gasteiger partial charge in [0.1, 0.15) is 0 Å². The topological polar surface area (TPSA) is 50.8 Å². The third-order valence-corrected chi connectivity index (χ3v) is 3.51.